The van der Waals surface area contributed by atoms with Crippen LogP contribution in [0.3, 0.4) is 0 Å². The van der Waals surface area contributed by atoms with Gasteiger partial charge in [-0.15, -0.1) is 0 Å². The Labute approximate surface area is 146 Å². The minimum atomic E-state index is -0.288. The number of hydrogen-bond donors (Lipinski definition) is 1. The molecule has 2 aliphatic heterocycles. The third-order valence-corrected chi connectivity index (χ3v) is 4.95. The van der Waals surface area contributed by atoms with Gasteiger partial charge in [-0.2, -0.15) is 0 Å². The van der Waals surface area contributed by atoms with Gasteiger partial charge in [0.15, 0.2) is 16.6 Å². The number of carbonyl (C=O) groups excluding carboxylic acids is 3. The average molecular weight is 361 g/mol. The van der Waals surface area contributed by atoms with Crippen molar-refractivity contribution in [3.8, 4) is 11.5 Å². The molecule has 25 heavy (non-hydrogen) atoms. The molecule has 130 valence electrons. The third-order valence-electron chi connectivity index (χ3n) is 4.02. The van der Waals surface area contributed by atoms with E-state index in [1.54, 1.807) is 6.07 Å². The maximum absolute atomic E-state index is 12.1. The number of amides is 3. The van der Waals surface area contributed by atoms with Crippen molar-refractivity contribution in [2.45, 2.75) is 19.3 Å². The van der Waals surface area contributed by atoms with Gasteiger partial charge in [0.05, 0.1) is 10.2 Å². The number of rotatable bonds is 4. The average Bonchev–Trinajstić information content (AvgIpc) is 3.12. The lowest BCUT2D eigenvalue weighted by atomic mass is 10.3. The monoisotopic (exact) mass is 361 g/mol. The van der Waals surface area contributed by atoms with Crippen molar-refractivity contribution in [3.05, 3.63) is 12.1 Å². The number of aromatic nitrogens is 1. The highest BCUT2D eigenvalue weighted by Gasteiger charge is 2.28. The standard InChI is InChI=1S/C16H15N3O5S/c20-13(3-4-19-14(21)1-2-15(19)22)18-16-17-9-7-10-11(8-12(9)25-16)24-6-5-23-10/h7-8H,1-6H2,(H,17,18,20). The number of thiazole rings is 1. The van der Waals surface area contributed by atoms with E-state index in [-0.39, 0.29) is 43.5 Å². The second kappa shape index (κ2) is 6.32. The number of anilines is 1. The molecular formula is C16H15N3O5S. The lowest BCUT2D eigenvalue weighted by Gasteiger charge is -2.17. The highest BCUT2D eigenvalue weighted by Crippen LogP contribution is 2.37. The molecule has 0 bridgehead atoms. The molecule has 0 spiro atoms. The number of hydrogen-bond acceptors (Lipinski definition) is 7. The second-order valence-electron chi connectivity index (χ2n) is 5.72. The van der Waals surface area contributed by atoms with Gasteiger partial charge in [0.1, 0.15) is 13.2 Å². The summed E-state index contributed by atoms with van der Waals surface area (Å²) in [5.74, 6) is 0.592. The Bertz CT molecular complexity index is 819. The van der Waals surface area contributed by atoms with Crippen molar-refractivity contribution < 1.29 is 23.9 Å². The summed E-state index contributed by atoms with van der Waals surface area (Å²) in [5.41, 5.74) is 0.717. The molecule has 3 heterocycles. The first-order valence-electron chi connectivity index (χ1n) is 7.93. The molecule has 0 atom stereocenters. The highest BCUT2D eigenvalue weighted by molar-refractivity contribution is 7.22. The molecule has 2 aliphatic rings. The number of likely N-dealkylation sites (tertiary alicyclic amines) is 1. The van der Waals surface area contributed by atoms with Gasteiger partial charge in [-0.3, -0.25) is 19.3 Å². The number of imide groups is 1. The van der Waals surface area contributed by atoms with Crippen LogP contribution in [0.15, 0.2) is 12.1 Å². The maximum atomic E-state index is 12.1. The Morgan fingerprint density at radius 1 is 1.16 bits per heavy atom. The maximum Gasteiger partial charge on any atom is 0.229 e. The van der Waals surface area contributed by atoms with Gasteiger partial charge in [0.25, 0.3) is 0 Å². The van der Waals surface area contributed by atoms with Crippen LogP contribution in [-0.4, -0.2) is 47.4 Å². The molecule has 2 aromatic rings. The number of nitrogens with one attached hydrogen (secondary N) is 1. The zero-order chi connectivity index (χ0) is 17.4. The topological polar surface area (TPSA) is 97.8 Å². The van der Waals surface area contributed by atoms with Crippen molar-refractivity contribution in [1.29, 1.82) is 0 Å². The van der Waals surface area contributed by atoms with Crippen LogP contribution in [0.2, 0.25) is 0 Å². The molecule has 3 amide bonds. The minimum Gasteiger partial charge on any atom is -0.486 e. The Morgan fingerprint density at radius 2 is 1.84 bits per heavy atom. The Morgan fingerprint density at radius 3 is 2.56 bits per heavy atom. The summed E-state index contributed by atoms with van der Waals surface area (Å²) in [6.07, 6.45) is 0.510. The van der Waals surface area contributed by atoms with Crippen LogP contribution in [0.25, 0.3) is 10.2 Å². The Hall–Kier alpha value is -2.68. The van der Waals surface area contributed by atoms with Crippen LogP contribution in [-0.2, 0) is 14.4 Å². The van der Waals surface area contributed by atoms with E-state index in [0.717, 1.165) is 15.1 Å². The van der Waals surface area contributed by atoms with Crippen molar-refractivity contribution in [2.75, 3.05) is 25.1 Å². The first kappa shape index (κ1) is 15.8. The molecule has 1 saturated heterocycles. The van der Waals surface area contributed by atoms with Crippen molar-refractivity contribution in [3.63, 3.8) is 0 Å². The molecule has 1 aromatic heterocycles. The third kappa shape index (κ3) is 3.14. The lowest BCUT2D eigenvalue weighted by Crippen LogP contribution is -2.32. The van der Waals surface area contributed by atoms with E-state index in [0.29, 0.717) is 29.8 Å². The van der Waals surface area contributed by atoms with Gasteiger partial charge in [-0.25, -0.2) is 4.98 Å². The van der Waals surface area contributed by atoms with Gasteiger partial charge in [-0.05, 0) is 0 Å². The molecule has 0 aliphatic carbocycles. The first-order chi connectivity index (χ1) is 12.1. The lowest BCUT2D eigenvalue weighted by molar-refractivity contribution is -0.138. The normalized spacial score (nSPS) is 16.6. The summed E-state index contributed by atoms with van der Waals surface area (Å²) < 4.78 is 11.9. The fraction of sp³-hybridized carbons (Fsp3) is 0.375. The molecule has 0 saturated carbocycles. The van der Waals surface area contributed by atoms with Crippen molar-refractivity contribution in [2.24, 2.45) is 0 Å². The van der Waals surface area contributed by atoms with E-state index in [4.69, 9.17) is 9.47 Å². The van der Waals surface area contributed by atoms with E-state index < -0.39 is 0 Å². The highest BCUT2D eigenvalue weighted by atomic mass is 32.1. The summed E-state index contributed by atoms with van der Waals surface area (Å²) in [6, 6.07) is 3.64. The van der Waals surface area contributed by atoms with E-state index in [9.17, 15) is 14.4 Å². The molecule has 8 nitrogen and oxygen atoms in total. The molecule has 4 rings (SSSR count). The molecule has 0 unspecified atom stereocenters. The smallest absolute Gasteiger partial charge is 0.229 e. The fourth-order valence-electron chi connectivity index (χ4n) is 2.79. The predicted molar refractivity (Wildman–Crippen MR) is 89.8 cm³/mol. The molecule has 9 heteroatoms. The van der Waals surface area contributed by atoms with Crippen LogP contribution in [0.5, 0.6) is 11.5 Å². The van der Waals surface area contributed by atoms with Crippen LogP contribution in [0.1, 0.15) is 19.3 Å². The number of ether oxygens (including phenoxy) is 2. The summed E-state index contributed by atoms with van der Waals surface area (Å²) >= 11 is 1.33. The quantitative estimate of drug-likeness (QED) is 0.830. The fourth-order valence-corrected chi connectivity index (χ4v) is 3.68. The number of carbonyl (C=O) groups is 3. The molecule has 1 fully saturated rings. The summed E-state index contributed by atoms with van der Waals surface area (Å²) in [5, 5.41) is 3.17. The zero-order valence-corrected chi connectivity index (χ0v) is 14.1. The van der Waals surface area contributed by atoms with Gasteiger partial charge in [-0.1, -0.05) is 11.3 Å². The number of fused-ring (bicyclic) bond motifs is 2. The second-order valence-corrected chi connectivity index (χ2v) is 6.75. The van der Waals surface area contributed by atoms with Gasteiger partial charge >= 0.3 is 0 Å². The predicted octanol–water partition coefficient (Wildman–Crippen LogP) is 1.55. The van der Waals surface area contributed by atoms with E-state index in [1.807, 2.05) is 6.07 Å². The van der Waals surface area contributed by atoms with E-state index in [1.165, 1.54) is 11.3 Å². The van der Waals surface area contributed by atoms with Gasteiger partial charge in [0.2, 0.25) is 17.7 Å². The van der Waals surface area contributed by atoms with Crippen LogP contribution < -0.4 is 14.8 Å². The summed E-state index contributed by atoms with van der Waals surface area (Å²) in [4.78, 5) is 40.7. The Kier molecular flexibility index (Phi) is 4.00. The molecular weight excluding hydrogens is 346 g/mol. The zero-order valence-electron chi connectivity index (χ0n) is 13.2. The number of benzene rings is 1. The van der Waals surface area contributed by atoms with E-state index >= 15 is 0 Å². The largest absolute Gasteiger partial charge is 0.486 e. The molecule has 0 radical (unpaired) electrons. The van der Waals surface area contributed by atoms with Crippen LogP contribution in [0.4, 0.5) is 5.13 Å². The van der Waals surface area contributed by atoms with Gasteiger partial charge in [0, 0.05) is 37.9 Å². The summed E-state index contributed by atoms with van der Waals surface area (Å²) in [6.45, 7) is 1.11. The van der Waals surface area contributed by atoms with Crippen molar-refractivity contribution >= 4 is 44.4 Å². The molecule has 1 N–H and O–H groups in total. The van der Waals surface area contributed by atoms with Crippen LogP contribution in [0, 0.1) is 0 Å². The SMILES string of the molecule is O=C(CCN1C(=O)CCC1=O)Nc1nc2cc3c(cc2s1)OCCO3. The summed E-state index contributed by atoms with van der Waals surface area (Å²) in [7, 11) is 0. The number of nitrogens with zero attached hydrogens (tertiary/aromatic N) is 2. The van der Waals surface area contributed by atoms with E-state index in [2.05, 4.69) is 10.3 Å². The minimum absolute atomic E-state index is 0.0517. The Balaban J connectivity index is 1.42. The molecule has 1 aromatic carbocycles. The first-order valence-corrected chi connectivity index (χ1v) is 8.75. The van der Waals surface area contributed by atoms with Crippen LogP contribution >= 0.6 is 11.3 Å². The van der Waals surface area contributed by atoms with Gasteiger partial charge < -0.3 is 14.8 Å². The van der Waals surface area contributed by atoms with Crippen molar-refractivity contribution in [1.82, 2.24) is 9.88 Å².